The van der Waals surface area contributed by atoms with Crippen molar-refractivity contribution in [2.75, 3.05) is 6.61 Å². The van der Waals surface area contributed by atoms with Gasteiger partial charge in [-0.3, -0.25) is 9.48 Å². The summed E-state index contributed by atoms with van der Waals surface area (Å²) in [6, 6.07) is 8.10. The van der Waals surface area contributed by atoms with Gasteiger partial charge in [0.05, 0.1) is 13.0 Å². The molecule has 0 bridgehead atoms. The molecule has 1 aliphatic carbocycles. The molecule has 34 heavy (non-hydrogen) atoms. The summed E-state index contributed by atoms with van der Waals surface area (Å²) in [6.07, 6.45) is 5.43. The van der Waals surface area contributed by atoms with Crippen LogP contribution in [0.25, 0.3) is 33.9 Å². The van der Waals surface area contributed by atoms with Crippen LogP contribution in [0, 0.1) is 5.41 Å². The number of esters is 1. The van der Waals surface area contributed by atoms with Crippen LogP contribution in [0.4, 0.5) is 0 Å². The molecule has 0 N–H and O–H groups in total. The summed E-state index contributed by atoms with van der Waals surface area (Å²) < 4.78 is 14.9. The lowest BCUT2D eigenvalue weighted by atomic mass is 9.76. The highest BCUT2D eigenvalue weighted by Crippen LogP contribution is 2.39. The number of hydrogen-bond acceptors (Lipinski definition) is 6. The number of fused-ring (bicyclic) bond motifs is 2. The standard InChI is InChI=1S/C26H31N5O3/c1-5-31-21-16-26(3,4)12-9-19(21)23(28-31)25-27-24(29-34-25)18-7-8-20-17(15-18)10-13-30(20)14-11-22(32)33-6-2/h7-8,10,13,15H,5-6,9,11-12,14,16H2,1-4H3. The van der Waals surface area contributed by atoms with Gasteiger partial charge in [0.25, 0.3) is 5.89 Å². The first-order chi connectivity index (χ1) is 16.4. The second-order valence-corrected chi connectivity index (χ2v) is 9.69. The first-order valence-electron chi connectivity index (χ1n) is 12.1. The average Bonchev–Trinajstić information content (AvgIpc) is 3.53. The van der Waals surface area contributed by atoms with Crippen molar-refractivity contribution in [3.05, 3.63) is 41.7 Å². The molecule has 8 heteroatoms. The van der Waals surface area contributed by atoms with Crippen molar-refractivity contribution in [3.63, 3.8) is 0 Å². The van der Waals surface area contributed by atoms with Crippen LogP contribution < -0.4 is 0 Å². The molecule has 178 valence electrons. The van der Waals surface area contributed by atoms with Gasteiger partial charge in [-0.2, -0.15) is 10.1 Å². The second-order valence-electron chi connectivity index (χ2n) is 9.69. The summed E-state index contributed by atoms with van der Waals surface area (Å²) in [5.74, 6) is 0.842. The minimum absolute atomic E-state index is 0.184. The van der Waals surface area contributed by atoms with Crippen LogP contribution in [0.5, 0.6) is 0 Å². The highest BCUT2D eigenvalue weighted by Gasteiger charge is 2.32. The minimum Gasteiger partial charge on any atom is -0.466 e. The van der Waals surface area contributed by atoms with E-state index in [0.717, 1.165) is 48.0 Å². The van der Waals surface area contributed by atoms with E-state index in [2.05, 4.69) is 35.2 Å². The summed E-state index contributed by atoms with van der Waals surface area (Å²) >= 11 is 0. The molecule has 1 aromatic carbocycles. The van der Waals surface area contributed by atoms with Gasteiger partial charge in [0.2, 0.25) is 5.82 Å². The third-order valence-corrected chi connectivity index (χ3v) is 6.68. The van der Waals surface area contributed by atoms with Gasteiger partial charge in [0.15, 0.2) is 5.69 Å². The van der Waals surface area contributed by atoms with Crippen molar-refractivity contribution in [1.82, 2.24) is 24.5 Å². The van der Waals surface area contributed by atoms with Crippen molar-refractivity contribution >= 4 is 16.9 Å². The van der Waals surface area contributed by atoms with E-state index in [1.807, 2.05) is 37.4 Å². The Bertz CT molecular complexity index is 1340. The SMILES string of the molecule is CCOC(=O)CCn1ccc2cc(-c3noc(-c4nn(CC)c5c4CCC(C)(C)C5)n3)ccc21. The van der Waals surface area contributed by atoms with Crippen molar-refractivity contribution in [1.29, 1.82) is 0 Å². The molecule has 0 fully saturated rings. The number of benzene rings is 1. The molecule has 0 radical (unpaired) electrons. The number of aromatic nitrogens is 5. The zero-order valence-corrected chi connectivity index (χ0v) is 20.3. The number of rotatable bonds is 7. The van der Waals surface area contributed by atoms with Crippen LogP contribution in [-0.4, -0.2) is 37.1 Å². The maximum atomic E-state index is 11.7. The highest BCUT2D eigenvalue weighted by atomic mass is 16.5. The molecule has 0 aliphatic heterocycles. The van der Waals surface area contributed by atoms with Gasteiger partial charge < -0.3 is 13.8 Å². The van der Waals surface area contributed by atoms with Crippen LogP contribution in [-0.2, 0) is 35.5 Å². The molecule has 0 amide bonds. The van der Waals surface area contributed by atoms with Crippen LogP contribution in [0.15, 0.2) is 35.0 Å². The van der Waals surface area contributed by atoms with Gasteiger partial charge in [-0.15, -0.1) is 0 Å². The average molecular weight is 462 g/mol. The van der Waals surface area contributed by atoms with Gasteiger partial charge in [-0.25, -0.2) is 0 Å². The molecule has 0 unspecified atom stereocenters. The Hall–Kier alpha value is -3.42. The predicted molar refractivity (Wildman–Crippen MR) is 129 cm³/mol. The zero-order chi connectivity index (χ0) is 23.9. The molecule has 0 spiro atoms. The summed E-state index contributed by atoms with van der Waals surface area (Å²) in [6.45, 7) is 10.4. The fraction of sp³-hybridized carbons (Fsp3) is 0.462. The molecule has 0 atom stereocenters. The molecular weight excluding hydrogens is 430 g/mol. The van der Waals surface area contributed by atoms with Crippen LogP contribution >= 0.6 is 0 Å². The van der Waals surface area contributed by atoms with Gasteiger partial charge in [0, 0.05) is 47.0 Å². The fourth-order valence-electron chi connectivity index (χ4n) is 4.85. The Balaban J connectivity index is 1.41. The van der Waals surface area contributed by atoms with Crippen molar-refractivity contribution in [2.45, 2.75) is 66.5 Å². The van der Waals surface area contributed by atoms with Crippen molar-refractivity contribution < 1.29 is 14.1 Å². The number of ether oxygens (including phenoxy) is 1. The monoisotopic (exact) mass is 461 g/mol. The van der Waals surface area contributed by atoms with Gasteiger partial charge in [0.1, 0.15) is 0 Å². The van der Waals surface area contributed by atoms with Gasteiger partial charge >= 0.3 is 5.97 Å². The highest BCUT2D eigenvalue weighted by molar-refractivity contribution is 5.85. The second kappa shape index (κ2) is 8.74. The van der Waals surface area contributed by atoms with Gasteiger partial charge in [-0.05, 0) is 62.8 Å². The predicted octanol–water partition coefficient (Wildman–Crippen LogP) is 5.04. The number of aryl methyl sites for hydroxylation is 2. The number of carbonyl (C=O) groups is 1. The van der Waals surface area contributed by atoms with Crippen molar-refractivity contribution in [2.24, 2.45) is 5.41 Å². The first-order valence-corrected chi connectivity index (χ1v) is 12.1. The van der Waals surface area contributed by atoms with Crippen LogP contribution in [0.1, 0.15) is 51.8 Å². The van der Waals surface area contributed by atoms with E-state index in [1.54, 1.807) is 0 Å². The molecule has 3 heterocycles. The third kappa shape index (κ3) is 4.13. The maximum Gasteiger partial charge on any atom is 0.307 e. The van der Waals surface area contributed by atoms with E-state index in [-0.39, 0.29) is 11.4 Å². The van der Waals surface area contributed by atoms with E-state index < -0.39 is 0 Å². The van der Waals surface area contributed by atoms with Crippen LogP contribution in [0.3, 0.4) is 0 Å². The molecule has 1 aliphatic rings. The maximum absolute atomic E-state index is 11.7. The summed E-state index contributed by atoms with van der Waals surface area (Å²) in [5.41, 5.74) is 5.56. The number of nitrogens with zero attached hydrogens (tertiary/aromatic N) is 5. The lowest BCUT2D eigenvalue weighted by Crippen LogP contribution is -2.24. The van der Waals surface area contributed by atoms with E-state index >= 15 is 0 Å². The smallest absolute Gasteiger partial charge is 0.307 e. The summed E-state index contributed by atoms with van der Waals surface area (Å²) in [5, 5.41) is 10.2. The number of hydrogen-bond donors (Lipinski definition) is 0. The van der Waals surface area contributed by atoms with Gasteiger partial charge in [-0.1, -0.05) is 19.0 Å². The first kappa shape index (κ1) is 22.4. The molecule has 8 nitrogen and oxygen atoms in total. The quantitative estimate of drug-likeness (QED) is 0.358. The van der Waals surface area contributed by atoms with Crippen LogP contribution in [0.2, 0.25) is 0 Å². The van der Waals surface area contributed by atoms with E-state index in [1.165, 1.54) is 11.3 Å². The van der Waals surface area contributed by atoms with Crippen molar-refractivity contribution in [3.8, 4) is 23.0 Å². The Kier molecular flexibility index (Phi) is 5.75. The summed E-state index contributed by atoms with van der Waals surface area (Å²) in [7, 11) is 0. The molecular formula is C26H31N5O3. The van der Waals surface area contributed by atoms with E-state index in [0.29, 0.717) is 31.3 Å². The molecule has 4 aromatic rings. The summed E-state index contributed by atoms with van der Waals surface area (Å²) in [4.78, 5) is 16.4. The zero-order valence-electron chi connectivity index (χ0n) is 20.3. The normalized spacial score (nSPS) is 14.9. The Morgan fingerprint density at radius 1 is 1.24 bits per heavy atom. The Labute approximate surface area is 198 Å². The minimum atomic E-state index is -0.184. The Morgan fingerprint density at radius 3 is 2.88 bits per heavy atom. The molecule has 3 aromatic heterocycles. The number of carbonyl (C=O) groups excluding carboxylic acids is 1. The molecule has 0 saturated carbocycles. The molecule has 5 rings (SSSR count). The largest absolute Gasteiger partial charge is 0.466 e. The molecule has 0 saturated heterocycles. The topological polar surface area (TPSA) is 88.0 Å². The third-order valence-electron chi connectivity index (χ3n) is 6.68. The Morgan fingerprint density at radius 2 is 2.09 bits per heavy atom. The van der Waals surface area contributed by atoms with E-state index in [9.17, 15) is 4.79 Å². The lowest BCUT2D eigenvalue weighted by Gasteiger charge is -2.30. The van der Waals surface area contributed by atoms with E-state index in [4.69, 9.17) is 19.3 Å². The fourth-order valence-corrected chi connectivity index (χ4v) is 4.85. The lowest BCUT2D eigenvalue weighted by molar-refractivity contribution is -0.143.